The monoisotopic (exact) mass is 418 g/mol. The predicted molar refractivity (Wildman–Crippen MR) is 104 cm³/mol. The van der Waals surface area contributed by atoms with Gasteiger partial charge in [0.05, 0.1) is 4.92 Å². The third kappa shape index (κ3) is 6.09. The normalized spacial score (nSPS) is 11.3. The van der Waals surface area contributed by atoms with Crippen LogP contribution >= 0.6 is 0 Å². The van der Waals surface area contributed by atoms with Gasteiger partial charge in [0, 0.05) is 23.7 Å². The molecule has 0 unspecified atom stereocenters. The van der Waals surface area contributed by atoms with Gasteiger partial charge in [0.25, 0.3) is 5.91 Å². The standard InChI is InChI=1S/C20H19FN2O7/c1-3-18(24)13-4-7-15(8-5-13)29-11-19(25)30-12(2)20(26)22-14-6-9-16(21)17(10-14)23(27)28/h4-10,12H,3,11H2,1-2H3,(H,22,26)/t12-/m0/s1. The smallest absolute Gasteiger partial charge is 0.344 e. The molecule has 2 aromatic rings. The summed E-state index contributed by atoms with van der Waals surface area (Å²) in [6, 6.07) is 9.07. The molecule has 0 bridgehead atoms. The quantitative estimate of drug-likeness (QED) is 0.287. The Hall–Kier alpha value is -3.82. The third-order valence-electron chi connectivity index (χ3n) is 3.94. The summed E-state index contributed by atoms with van der Waals surface area (Å²) in [5, 5.41) is 13.1. The molecule has 9 nitrogen and oxygen atoms in total. The van der Waals surface area contributed by atoms with Gasteiger partial charge in [-0.3, -0.25) is 19.7 Å². The Morgan fingerprint density at radius 3 is 2.43 bits per heavy atom. The van der Waals surface area contributed by atoms with Crippen LogP contribution in [0.5, 0.6) is 5.75 Å². The first-order valence-corrected chi connectivity index (χ1v) is 8.91. The number of benzene rings is 2. The van der Waals surface area contributed by atoms with Crippen LogP contribution in [-0.2, 0) is 14.3 Å². The number of carbonyl (C=O) groups is 3. The van der Waals surface area contributed by atoms with E-state index >= 15 is 0 Å². The highest BCUT2D eigenvalue weighted by Gasteiger charge is 2.20. The number of hydrogen-bond acceptors (Lipinski definition) is 7. The van der Waals surface area contributed by atoms with Crippen LogP contribution in [0.3, 0.4) is 0 Å². The van der Waals surface area contributed by atoms with Crippen molar-refractivity contribution in [3.05, 3.63) is 64.0 Å². The Balaban J connectivity index is 1.86. The van der Waals surface area contributed by atoms with Crippen LogP contribution < -0.4 is 10.1 Å². The van der Waals surface area contributed by atoms with Crippen molar-refractivity contribution in [2.75, 3.05) is 11.9 Å². The molecule has 0 saturated carbocycles. The Morgan fingerprint density at radius 1 is 1.17 bits per heavy atom. The summed E-state index contributed by atoms with van der Waals surface area (Å²) in [5.41, 5.74) is -0.287. The maximum Gasteiger partial charge on any atom is 0.344 e. The van der Waals surface area contributed by atoms with Crippen molar-refractivity contribution in [1.82, 2.24) is 0 Å². The number of esters is 1. The lowest BCUT2D eigenvalue weighted by molar-refractivity contribution is -0.387. The van der Waals surface area contributed by atoms with Gasteiger partial charge in [-0.2, -0.15) is 4.39 Å². The number of Topliss-reactive ketones (excluding diaryl/α,β-unsaturated/α-hetero) is 1. The Morgan fingerprint density at radius 2 is 1.83 bits per heavy atom. The fraction of sp³-hybridized carbons (Fsp3) is 0.250. The number of ether oxygens (including phenoxy) is 2. The summed E-state index contributed by atoms with van der Waals surface area (Å²) < 4.78 is 23.5. The van der Waals surface area contributed by atoms with E-state index in [-0.39, 0.29) is 11.5 Å². The second kappa shape index (κ2) is 10.1. The molecule has 158 valence electrons. The number of nitrogens with one attached hydrogen (secondary N) is 1. The van der Waals surface area contributed by atoms with Crippen LogP contribution in [-0.4, -0.2) is 35.3 Å². The maximum atomic E-state index is 13.3. The van der Waals surface area contributed by atoms with Gasteiger partial charge in [0.1, 0.15) is 5.75 Å². The number of carbonyl (C=O) groups excluding carboxylic acids is 3. The zero-order valence-electron chi connectivity index (χ0n) is 16.2. The number of nitro groups is 1. The van der Waals surface area contributed by atoms with Gasteiger partial charge >= 0.3 is 11.7 Å². The van der Waals surface area contributed by atoms with Gasteiger partial charge in [-0.05, 0) is 43.3 Å². The van der Waals surface area contributed by atoms with Crippen molar-refractivity contribution >= 4 is 29.0 Å². The van der Waals surface area contributed by atoms with E-state index in [1.165, 1.54) is 19.1 Å². The molecule has 10 heteroatoms. The van der Waals surface area contributed by atoms with Gasteiger partial charge < -0.3 is 14.8 Å². The van der Waals surface area contributed by atoms with E-state index in [0.29, 0.717) is 17.7 Å². The fourth-order valence-electron chi connectivity index (χ4n) is 2.34. The number of rotatable bonds is 9. The van der Waals surface area contributed by atoms with E-state index in [1.807, 2.05) is 0 Å². The fourth-order valence-corrected chi connectivity index (χ4v) is 2.34. The lowest BCUT2D eigenvalue weighted by Gasteiger charge is -2.14. The van der Waals surface area contributed by atoms with Crippen LogP contribution in [0.15, 0.2) is 42.5 Å². The third-order valence-corrected chi connectivity index (χ3v) is 3.94. The summed E-state index contributed by atoms with van der Waals surface area (Å²) in [4.78, 5) is 45.4. The molecule has 0 saturated heterocycles. The second-order valence-electron chi connectivity index (χ2n) is 6.13. The SMILES string of the molecule is CCC(=O)c1ccc(OCC(=O)O[C@@H](C)C(=O)Nc2ccc(F)c([N+](=O)[O-])c2)cc1. The number of amides is 1. The van der Waals surface area contributed by atoms with E-state index in [4.69, 9.17) is 9.47 Å². The second-order valence-corrected chi connectivity index (χ2v) is 6.13. The molecule has 30 heavy (non-hydrogen) atoms. The molecule has 1 atom stereocenters. The molecular formula is C20H19FN2O7. The predicted octanol–water partition coefficient (Wildman–Crippen LogP) is 3.28. The first kappa shape index (κ1) is 22.5. The van der Waals surface area contributed by atoms with Crippen LogP contribution in [0.4, 0.5) is 15.8 Å². The van der Waals surface area contributed by atoms with E-state index in [9.17, 15) is 28.9 Å². The average Bonchev–Trinajstić information content (AvgIpc) is 2.73. The van der Waals surface area contributed by atoms with Gasteiger partial charge in [-0.1, -0.05) is 6.92 Å². The zero-order valence-corrected chi connectivity index (χ0v) is 16.2. The van der Waals surface area contributed by atoms with Crippen LogP contribution in [0.1, 0.15) is 30.6 Å². The molecule has 2 rings (SSSR count). The van der Waals surface area contributed by atoms with E-state index < -0.39 is 41.0 Å². The number of halogens is 1. The highest BCUT2D eigenvalue weighted by atomic mass is 19.1. The molecule has 0 aliphatic rings. The topological polar surface area (TPSA) is 125 Å². The zero-order chi connectivity index (χ0) is 22.3. The Kier molecular flexibility index (Phi) is 7.56. The largest absolute Gasteiger partial charge is 0.482 e. The minimum atomic E-state index is -1.23. The molecule has 0 heterocycles. The summed E-state index contributed by atoms with van der Waals surface area (Å²) >= 11 is 0. The molecule has 0 aromatic heterocycles. The molecule has 2 aromatic carbocycles. The number of ketones is 1. The molecule has 0 aliphatic carbocycles. The maximum absolute atomic E-state index is 13.3. The molecule has 0 radical (unpaired) electrons. The highest BCUT2D eigenvalue weighted by Crippen LogP contribution is 2.22. The van der Waals surface area contributed by atoms with Crippen molar-refractivity contribution in [3.63, 3.8) is 0 Å². The lowest BCUT2D eigenvalue weighted by atomic mass is 10.1. The molecule has 1 N–H and O–H groups in total. The Labute approximate surface area is 170 Å². The number of nitro benzene ring substituents is 1. The minimum absolute atomic E-state index is 0.0195. The summed E-state index contributed by atoms with van der Waals surface area (Å²) in [6.07, 6.45) is -0.854. The molecule has 0 aliphatic heterocycles. The summed E-state index contributed by atoms with van der Waals surface area (Å²) in [7, 11) is 0. The van der Waals surface area contributed by atoms with Crippen molar-refractivity contribution in [2.45, 2.75) is 26.4 Å². The molecule has 0 spiro atoms. The minimum Gasteiger partial charge on any atom is -0.482 e. The van der Waals surface area contributed by atoms with Gasteiger partial charge in [0.15, 0.2) is 18.5 Å². The average molecular weight is 418 g/mol. The Bertz CT molecular complexity index is 960. The molecular weight excluding hydrogens is 399 g/mol. The van der Waals surface area contributed by atoms with E-state index in [0.717, 1.165) is 18.2 Å². The van der Waals surface area contributed by atoms with Gasteiger partial charge in [-0.15, -0.1) is 0 Å². The van der Waals surface area contributed by atoms with E-state index in [1.54, 1.807) is 19.1 Å². The van der Waals surface area contributed by atoms with Crippen LogP contribution in [0.25, 0.3) is 0 Å². The number of hydrogen-bond donors (Lipinski definition) is 1. The highest BCUT2D eigenvalue weighted by molar-refractivity contribution is 5.96. The lowest BCUT2D eigenvalue weighted by Crippen LogP contribution is -2.31. The first-order chi connectivity index (χ1) is 14.2. The summed E-state index contributed by atoms with van der Waals surface area (Å²) in [6.45, 7) is 2.58. The van der Waals surface area contributed by atoms with Gasteiger partial charge in [0.2, 0.25) is 5.82 Å². The van der Waals surface area contributed by atoms with Crippen molar-refractivity contribution < 1.29 is 33.2 Å². The first-order valence-electron chi connectivity index (χ1n) is 8.91. The van der Waals surface area contributed by atoms with Gasteiger partial charge in [-0.25, -0.2) is 4.79 Å². The molecule has 1 amide bonds. The van der Waals surface area contributed by atoms with E-state index in [2.05, 4.69) is 5.32 Å². The van der Waals surface area contributed by atoms with Crippen LogP contribution in [0, 0.1) is 15.9 Å². The van der Waals surface area contributed by atoms with Crippen molar-refractivity contribution in [1.29, 1.82) is 0 Å². The van der Waals surface area contributed by atoms with Crippen molar-refractivity contribution in [3.8, 4) is 5.75 Å². The van der Waals surface area contributed by atoms with Crippen LogP contribution in [0.2, 0.25) is 0 Å². The number of nitrogens with zero attached hydrogens (tertiary/aromatic N) is 1. The summed E-state index contributed by atoms with van der Waals surface area (Å²) in [5.74, 6) is -2.30. The van der Waals surface area contributed by atoms with Crippen molar-refractivity contribution in [2.24, 2.45) is 0 Å². The number of anilines is 1. The molecule has 0 fully saturated rings.